The molecule has 0 unspecified atom stereocenters. The lowest BCUT2D eigenvalue weighted by molar-refractivity contribution is -0.713. The molecule has 0 fully saturated rings. The summed E-state index contributed by atoms with van der Waals surface area (Å²) in [6, 6.07) is 7.92. The van der Waals surface area contributed by atoms with Crippen LogP contribution in [-0.2, 0) is 7.05 Å². The number of benzene rings is 1. The Labute approximate surface area is 104 Å². The second-order valence-corrected chi connectivity index (χ2v) is 4.57. The van der Waals surface area contributed by atoms with E-state index in [1.807, 2.05) is 50.3 Å². The topological polar surface area (TPSA) is 44.7 Å². The van der Waals surface area contributed by atoms with Crippen LogP contribution in [0.3, 0.4) is 0 Å². The molecule has 0 aliphatic heterocycles. The molecule has 0 saturated heterocycles. The maximum atomic E-state index is 4.17. The summed E-state index contributed by atoms with van der Waals surface area (Å²) in [6.45, 7) is 0. The lowest BCUT2D eigenvalue weighted by Gasteiger charge is -2.11. The monoisotopic (exact) mass is 248 g/mol. The fourth-order valence-corrected chi connectivity index (χ4v) is 1.84. The highest BCUT2D eigenvalue weighted by Crippen LogP contribution is 2.20. The van der Waals surface area contributed by atoms with Crippen LogP contribution >= 0.6 is 11.3 Å². The van der Waals surface area contributed by atoms with Crippen molar-refractivity contribution in [3.63, 3.8) is 0 Å². The molecule has 1 aromatic carbocycles. The van der Waals surface area contributed by atoms with Crippen molar-refractivity contribution in [3.05, 3.63) is 29.8 Å². The average Bonchev–Trinajstić information content (AvgIpc) is 2.73. The molecule has 88 valence electrons. The van der Waals surface area contributed by atoms with E-state index in [-0.39, 0.29) is 0 Å². The Morgan fingerprint density at radius 1 is 1.18 bits per heavy atom. The zero-order chi connectivity index (χ0) is 12.3. The Bertz CT molecular complexity index is 515. The summed E-state index contributed by atoms with van der Waals surface area (Å²) in [6.07, 6.45) is 0. The van der Waals surface area contributed by atoms with Gasteiger partial charge in [0.25, 0.3) is 0 Å². The minimum absolute atomic E-state index is 0.779. The van der Waals surface area contributed by atoms with Crippen LogP contribution in [0.1, 0.15) is 0 Å². The van der Waals surface area contributed by atoms with Gasteiger partial charge < -0.3 is 4.90 Å². The number of aryl methyl sites for hydroxylation is 1. The lowest BCUT2D eigenvalue weighted by Crippen LogP contribution is -2.28. The van der Waals surface area contributed by atoms with Crippen molar-refractivity contribution in [2.24, 2.45) is 17.3 Å². The molecule has 1 heterocycles. The van der Waals surface area contributed by atoms with Gasteiger partial charge in [-0.2, -0.15) is 0 Å². The minimum Gasteiger partial charge on any atom is -0.378 e. The maximum Gasteiger partial charge on any atom is 0.429 e. The van der Waals surface area contributed by atoms with E-state index >= 15 is 0 Å². The van der Waals surface area contributed by atoms with E-state index in [4.69, 9.17) is 0 Å². The summed E-state index contributed by atoms with van der Waals surface area (Å²) >= 11 is 1.46. The molecule has 0 saturated carbocycles. The number of rotatable bonds is 3. The number of hydrogen-bond acceptors (Lipinski definition) is 5. The summed E-state index contributed by atoms with van der Waals surface area (Å²) in [4.78, 5) is 2.05. The number of aromatic nitrogens is 2. The summed E-state index contributed by atoms with van der Waals surface area (Å²) in [5, 5.41) is 13.1. The van der Waals surface area contributed by atoms with Crippen LogP contribution in [0.4, 0.5) is 16.5 Å². The van der Waals surface area contributed by atoms with E-state index in [0.29, 0.717) is 0 Å². The molecule has 17 heavy (non-hydrogen) atoms. The predicted molar refractivity (Wildman–Crippen MR) is 68.2 cm³/mol. The molecular formula is C11H14N5S+. The van der Waals surface area contributed by atoms with Crippen molar-refractivity contribution in [2.45, 2.75) is 0 Å². The Morgan fingerprint density at radius 2 is 1.88 bits per heavy atom. The van der Waals surface area contributed by atoms with E-state index in [9.17, 15) is 0 Å². The number of hydrogen-bond donors (Lipinski definition) is 0. The van der Waals surface area contributed by atoms with Gasteiger partial charge in [-0.3, -0.25) is 0 Å². The molecule has 0 aliphatic carbocycles. The van der Waals surface area contributed by atoms with Gasteiger partial charge >= 0.3 is 5.13 Å². The molecule has 0 radical (unpaired) electrons. The third-order valence-electron chi connectivity index (χ3n) is 2.27. The molecule has 5 nitrogen and oxygen atoms in total. The highest BCUT2D eigenvalue weighted by atomic mass is 32.1. The van der Waals surface area contributed by atoms with Gasteiger partial charge in [0, 0.05) is 19.8 Å². The van der Waals surface area contributed by atoms with Crippen LogP contribution in [0.2, 0.25) is 0 Å². The Morgan fingerprint density at radius 3 is 2.41 bits per heavy atom. The Balaban J connectivity index is 2.14. The molecule has 0 aliphatic rings. The minimum atomic E-state index is 0.779. The van der Waals surface area contributed by atoms with Gasteiger partial charge in [-0.05, 0) is 40.7 Å². The lowest BCUT2D eigenvalue weighted by atomic mass is 10.3. The number of azo groups is 1. The third kappa shape index (κ3) is 2.85. The van der Waals surface area contributed by atoms with Crippen LogP contribution < -0.4 is 9.58 Å². The zero-order valence-electron chi connectivity index (χ0n) is 10.0. The number of nitrogens with zero attached hydrogens (tertiary/aromatic N) is 5. The maximum absolute atomic E-state index is 4.17. The van der Waals surface area contributed by atoms with Crippen molar-refractivity contribution < 1.29 is 4.68 Å². The molecular weight excluding hydrogens is 234 g/mol. The van der Waals surface area contributed by atoms with Crippen LogP contribution in [0, 0.1) is 0 Å². The molecule has 0 atom stereocenters. The van der Waals surface area contributed by atoms with Crippen LogP contribution in [0.5, 0.6) is 0 Å². The summed E-state index contributed by atoms with van der Waals surface area (Å²) in [7, 11) is 5.86. The van der Waals surface area contributed by atoms with E-state index < -0.39 is 0 Å². The van der Waals surface area contributed by atoms with Gasteiger partial charge in [0.05, 0.1) is 5.11 Å². The normalized spacial score (nSPS) is 11.0. The van der Waals surface area contributed by atoms with Gasteiger partial charge in [0.2, 0.25) is 0 Å². The van der Waals surface area contributed by atoms with Gasteiger partial charge in [-0.25, -0.2) is 0 Å². The molecule has 2 rings (SSSR count). The first-order valence-electron chi connectivity index (χ1n) is 5.16. The highest BCUT2D eigenvalue weighted by Gasteiger charge is 2.08. The number of anilines is 1. The fourth-order valence-electron chi connectivity index (χ4n) is 1.27. The van der Waals surface area contributed by atoms with Gasteiger partial charge in [-0.15, -0.1) is 4.68 Å². The molecule has 6 heteroatoms. The van der Waals surface area contributed by atoms with Crippen LogP contribution in [0.25, 0.3) is 0 Å². The van der Waals surface area contributed by atoms with E-state index in [0.717, 1.165) is 16.5 Å². The predicted octanol–water partition coefficient (Wildman–Crippen LogP) is 2.45. The van der Waals surface area contributed by atoms with Crippen molar-refractivity contribution in [1.82, 2.24) is 5.10 Å². The molecule has 0 amide bonds. The first kappa shape index (κ1) is 11.7. The smallest absolute Gasteiger partial charge is 0.378 e. The molecule has 0 bridgehead atoms. The standard InChI is InChI=1S/C11H14N5S/c1-15(2)10-6-4-9(5-7-10)13-14-11-16(3)12-8-17-11/h4-8H,1-3H3/q+1. The van der Waals surface area contributed by atoms with Gasteiger partial charge in [-0.1, -0.05) is 5.10 Å². The largest absolute Gasteiger partial charge is 0.429 e. The molecule has 1 aromatic heterocycles. The fraction of sp³-hybridized carbons (Fsp3) is 0.273. The molecule has 0 N–H and O–H groups in total. The highest BCUT2D eigenvalue weighted by molar-refractivity contribution is 7.12. The van der Waals surface area contributed by atoms with E-state index in [2.05, 4.69) is 15.3 Å². The first-order valence-corrected chi connectivity index (χ1v) is 6.04. The van der Waals surface area contributed by atoms with Gasteiger partial charge in [0.15, 0.2) is 0 Å². The van der Waals surface area contributed by atoms with Crippen molar-refractivity contribution in [1.29, 1.82) is 0 Å². The van der Waals surface area contributed by atoms with Crippen molar-refractivity contribution in [3.8, 4) is 0 Å². The summed E-state index contributed by atoms with van der Waals surface area (Å²) in [5.74, 6) is 0. The van der Waals surface area contributed by atoms with Crippen LogP contribution in [0.15, 0.2) is 40.0 Å². The van der Waals surface area contributed by atoms with Crippen molar-refractivity contribution in [2.75, 3.05) is 19.0 Å². The SMILES string of the molecule is CN(C)c1ccc(N=Nc2scn[n+]2C)cc1. The quantitative estimate of drug-likeness (QED) is 0.618. The second kappa shape index (κ2) is 5.01. The molecule has 2 aromatic rings. The first-order chi connectivity index (χ1) is 8.16. The Hall–Kier alpha value is -1.82. The summed E-state index contributed by atoms with van der Waals surface area (Å²) in [5.41, 5.74) is 3.72. The summed E-state index contributed by atoms with van der Waals surface area (Å²) < 4.78 is 1.70. The van der Waals surface area contributed by atoms with Crippen molar-refractivity contribution >= 4 is 27.8 Å². The van der Waals surface area contributed by atoms with E-state index in [1.54, 1.807) is 10.2 Å². The second-order valence-electron chi connectivity index (χ2n) is 3.76. The zero-order valence-corrected chi connectivity index (χ0v) is 10.8. The Kier molecular flexibility index (Phi) is 3.43. The van der Waals surface area contributed by atoms with E-state index in [1.165, 1.54) is 11.3 Å². The average molecular weight is 248 g/mol. The van der Waals surface area contributed by atoms with Crippen LogP contribution in [-0.4, -0.2) is 19.2 Å². The molecule has 0 spiro atoms. The van der Waals surface area contributed by atoms with Gasteiger partial charge in [0.1, 0.15) is 18.2 Å². The third-order valence-corrected chi connectivity index (χ3v) is 3.03.